The van der Waals surface area contributed by atoms with Gasteiger partial charge < -0.3 is 30.5 Å². The number of amides is 3. The van der Waals surface area contributed by atoms with Crippen molar-refractivity contribution < 1.29 is 42.5 Å². The Labute approximate surface area is 199 Å². The first-order chi connectivity index (χ1) is 15.4. The average Bonchev–Trinajstić information content (AvgIpc) is 2.71. The molecule has 198 valence electrons. The lowest BCUT2D eigenvalue weighted by Crippen LogP contribution is -2.61. The standard InChI is InChI=1S/C22H39F2N3O7/c1-10-12(4)15(18(30)33-9)26-17(29)14(11(2)3)27-19(31)22(23,24)16(28)13(5)25-20(32)34-21(6,7)8/h11-16,28H,10H2,1-9H3,(H,25,32)(H,26,29)(H,27,31)/t12-,13-,14-,15-,16+/m0/s1. The van der Waals surface area contributed by atoms with Gasteiger partial charge in [-0.05, 0) is 39.5 Å². The van der Waals surface area contributed by atoms with Crippen LogP contribution in [0.4, 0.5) is 13.6 Å². The summed E-state index contributed by atoms with van der Waals surface area (Å²) in [4.78, 5) is 49.0. The van der Waals surface area contributed by atoms with Crippen molar-refractivity contribution in [1.82, 2.24) is 16.0 Å². The van der Waals surface area contributed by atoms with Gasteiger partial charge >= 0.3 is 18.0 Å². The number of aliphatic hydroxyl groups excluding tert-OH is 1. The summed E-state index contributed by atoms with van der Waals surface area (Å²) in [6.45, 7) is 12.3. The minimum atomic E-state index is -4.36. The maximum Gasteiger partial charge on any atom is 0.407 e. The molecular weight excluding hydrogens is 456 g/mol. The van der Waals surface area contributed by atoms with E-state index in [2.05, 4.69) is 10.6 Å². The Morgan fingerprint density at radius 1 is 0.941 bits per heavy atom. The van der Waals surface area contributed by atoms with Gasteiger partial charge in [0, 0.05) is 0 Å². The number of halogens is 2. The Bertz CT molecular complexity index is 726. The van der Waals surface area contributed by atoms with E-state index in [-0.39, 0.29) is 5.92 Å². The molecule has 12 heteroatoms. The van der Waals surface area contributed by atoms with Crippen LogP contribution in [0.15, 0.2) is 0 Å². The largest absolute Gasteiger partial charge is 0.467 e. The summed E-state index contributed by atoms with van der Waals surface area (Å²) in [6, 6.07) is -4.03. The van der Waals surface area contributed by atoms with Crippen LogP contribution in [0.3, 0.4) is 0 Å². The Kier molecular flexibility index (Phi) is 11.9. The Morgan fingerprint density at radius 2 is 1.47 bits per heavy atom. The van der Waals surface area contributed by atoms with E-state index in [1.54, 1.807) is 34.6 Å². The Morgan fingerprint density at radius 3 is 1.88 bits per heavy atom. The van der Waals surface area contributed by atoms with E-state index in [9.17, 15) is 33.1 Å². The molecule has 0 saturated carbocycles. The molecule has 0 aromatic heterocycles. The van der Waals surface area contributed by atoms with E-state index >= 15 is 0 Å². The van der Waals surface area contributed by atoms with Crippen LogP contribution in [0, 0.1) is 11.8 Å². The number of alkyl halides is 2. The van der Waals surface area contributed by atoms with Crippen molar-refractivity contribution in [2.75, 3.05) is 7.11 Å². The van der Waals surface area contributed by atoms with Gasteiger partial charge in [0.05, 0.1) is 13.2 Å². The van der Waals surface area contributed by atoms with E-state index in [1.807, 2.05) is 5.32 Å². The molecule has 0 aliphatic rings. The second-order valence-corrected chi connectivity index (χ2v) is 9.59. The second-order valence-electron chi connectivity index (χ2n) is 9.59. The summed E-state index contributed by atoms with van der Waals surface area (Å²) in [6.07, 6.45) is -3.14. The van der Waals surface area contributed by atoms with Crippen molar-refractivity contribution in [3.05, 3.63) is 0 Å². The minimum Gasteiger partial charge on any atom is -0.467 e. The number of carbonyl (C=O) groups is 4. The SMILES string of the molecule is CC[C@H](C)[C@H](NC(=O)[C@@H](NC(=O)C(F)(F)[C@H](O)[C@H](C)NC(=O)OC(C)(C)C)C(C)C)C(=O)OC. The third kappa shape index (κ3) is 9.40. The third-order valence-electron chi connectivity index (χ3n) is 5.09. The molecule has 3 amide bonds. The smallest absolute Gasteiger partial charge is 0.407 e. The molecule has 4 N–H and O–H groups in total. The van der Waals surface area contributed by atoms with Crippen molar-refractivity contribution in [1.29, 1.82) is 0 Å². The summed E-state index contributed by atoms with van der Waals surface area (Å²) in [7, 11) is 1.15. The molecule has 0 fully saturated rings. The zero-order valence-corrected chi connectivity index (χ0v) is 21.3. The summed E-state index contributed by atoms with van der Waals surface area (Å²) >= 11 is 0. The number of hydrogen-bond acceptors (Lipinski definition) is 7. The molecule has 0 aromatic rings. The fraction of sp³-hybridized carbons (Fsp3) is 0.818. The highest BCUT2D eigenvalue weighted by molar-refractivity contribution is 5.93. The van der Waals surface area contributed by atoms with Crippen LogP contribution in [0.2, 0.25) is 0 Å². The van der Waals surface area contributed by atoms with Gasteiger partial charge in [0.2, 0.25) is 5.91 Å². The van der Waals surface area contributed by atoms with Crippen molar-refractivity contribution in [3.63, 3.8) is 0 Å². The molecule has 0 spiro atoms. The number of aliphatic hydroxyl groups is 1. The van der Waals surface area contributed by atoms with Crippen LogP contribution in [-0.4, -0.2) is 71.8 Å². The predicted octanol–water partition coefficient (Wildman–Crippen LogP) is 1.74. The number of ether oxygens (including phenoxy) is 2. The summed E-state index contributed by atoms with van der Waals surface area (Å²) in [5, 5.41) is 16.5. The molecule has 5 atom stereocenters. The average molecular weight is 496 g/mol. The quantitative estimate of drug-likeness (QED) is 0.320. The van der Waals surface area contributed by atoms with E-state index in [0.29, 0.717) is 6.42 Å². The maximum atomic E-state index is 14.7. The van der Waals surface area contributed by atoms with Gasteiger partial charge in [0.1, 0.15) is 23.8 Å². The van der Waals surface area contributed by atoms with Gasteiger partial charge in [0.15, 0.2) is 0 Å². The highest BCUT2D eigenvalue weighted by Crippen LogP contribution is 2.23. The zero-order valence-electron chi connectivity index (χ0n) is 21.3. The van der Waals surface area contributed by atoms with E-state index < -0.39 is 65.5 Å². The Hall–Kier alpha value is -2.50. The molecule has 0 rings (SSSR count). The van der Waals surface area contributed by atoms with Crippen molar-refractivity contribution in [2.45, 2.75) is 97.6 Å². The van der Waals surface area contributed by atoms with Gasteiger partial charge in [-0.1, -0.05) is 34.1 Å². The molecule has 0 unspecified atom stereocenters. The highest BCUT2D eigenvalue weighted by Gasteiger charge is 2.50. The van der Waals surface area contributed by atoms with E-state index in [1.165, 1.54) is 13.8 Å². The first-order valence-corrected chi connectivity index (χ1v) is 11.1. The summed E-state index contributed by atoms with van der Waals surface area (Å²) < 4.78 is 39.1. The van der Waals surface area contributed by atoms with E-state index in [4.69, 9.17) is 9.47 Å². The maximum absolute atomic E-state index is 14.7. The zero-order chi connectivity index (χ0) is 27.0. The fourth-order valence-electron chi connectivity index (χ4n) is 2.83. The normalized spacial score (nSPS) is 16.5. The number of methoxy groups -OCH3 is 1. The van der Waals surface area contributed by atoms with Crippen LogP contribution >= 0.6 is 0 Å². The predicted molar refractivity (Wildman–Crippen MR) is 120 cm³/mol. The number of hydrogen-bond donors (Lipinski definition) is 4. The Balaban J connectivity index is 5.47. The van der Waals surface area contributed by atoms with Crippen molar-refractivity contribution in [3.8, 4) is 0 Å². The topological polar surface area (TPSA) is 143 Å². The van der Waals surface area contributed by atoms with Crippen molar-refractivity contribution >= 4 is 23.9 Å². The number of alkyl carbamates (subject to hydrolysis) is 1. The van der Waals surface area contributed by atoms with Gasteiger partial charge in [-0.2, -0.15) is 8.78 Å². The second kappa shape index (κ2) is 12.8. The molecule has 0 radical (unpaired) electrons. The van der Waals surface area contributed by atoms with Gasteiger partial charge in [-0.15, -0.1) is 0 Å². The van der Waals surface area contributed by atoms with Crippen LogP contribution in [0.5, 0.6) is 0 Å². The van der Waals surface area contributed by atoms with E-state index in [0.717, 1.165) is 14.0 Å². The van der Waals surface area contributed by atoms with Gasteiger partial charge in [-0.25, -0.2) is 9.59 Å². The molecule has 0 heterocycles. The van der Waals surface area contributed by atoms with Crippen LogP contribution in [-0.2, 0) is 23.9 Å². The molecule has 0 saturated heterocycles. The third-order valence-corrected chi connectivity index (χ3v) is 5.09. The first kappa shape index (κ1) is 31.5. The van der Waals surface area contributed by atoms with Crippen LogP contribution in [0.25, 0.3) is 0 Å². The number of esters is 1. The molecule has 10 nitrogen and oxygen atoms in total. The number of carbonyl (C=O) groups excluding carboxylic acids is 4. The first-order valence-electron chi connectivity index (χ1n) is 11.1. The van der Waals surface area contributed by atoms with Crippen LogP contribution in [0.1, 0.15) is 61.8 Å². The lowest BCUT2D eigenvalue weighted by atomic mass is 9.97. The molecule has 0 bridgehead atoms. The number of nitrogens with one attached hydrogen (secondary N) is 3. The van der Waals surface area contributed by atoms with Gasteiger partial charge in [-0.3, -0.25) is 9.59 Å². The van der Waals surface area contributed by atoms with Crippen molar-refractivity contribution in [2.24, 2.45) is 11.8 Å². The highest BCUT2D eigenvalue weighted by atomic mass is 19.3. The van der Waals surface area contributed by atoms with Gasteiger partial charge in [0.25, 0.3) is 5.91 Å². The fourth-order valence-corrected chi connectivity index (χ4v) is 2.83. The molecule has 34 heavy (non-hydrogen) atoms. The lowest BCUT2D eigenvalue weighted by molar-refractivity contribution is -0.168. The summed E-state index contributed by atoms with van der Waals surface area (Å²) in [5.74, 6) is -8.79. The molecule has 0 aromatic carbocycles. The summed E-state index contributed by atoms with van der Waals surface area (Å²) in [5.41, 5.74) is -0.899. The molecule has 0 aliphatic carbocycles. The molecular formula is C22H39F2N3O7. The minimum absolute atomic E-state index is 0.317. The van der Waals surface area contributed by atoms with Crippen LogP contribution < -0.4 is 16.0 Å². The molecule has 0 aliphatic heterocycles. The number of rotatable bonds is 11. The monoisotopic (exact) mass is 495 g/mol. The lowest BCUT2D eigenvalue weighted by Gasteiger charge is -2.31.